The predicted molar refractivity (Wildman–Crippen MR) is 93.7 cm³/mol. The van der Waals surface area contributed by atoms with Crippen LogP contribution in [0.3, 0.4) is 0 Å². The van der Waals surface area contributed by atoms with Gasteiger partial charge in [0.1, 0.15) is 5.82 Å². The molecule has 25 heavy (non-hydrogen) atoms. The molecular formula is C19H21FN2O3. The summed E-state index contributed by atoms with van der Waals surface area (Å²) >= 11 is 0. The van der Waals surface area contributed by atoms with Crippen LogP contribution in [0.1, 0.15) is 30.5 Å². The molecule has 6 heteroatoms. The first-order chi connectivity index (χ1) is 12.0. The summed E-state index contributed by atoms with van der Waals surface area (Å²) < 4.78 is 18.1. The van der Waals surface area contributed by atoms with Crippen LogP contribution in [0.25, 0.3) is 0 Å². The molecule has 0 fully saturated rings. The van der Waals surface area contributed by atoms with Crippen molar-refractivity contribution in [1.82, 2.24) is 5.32 Å². The topological polar surface area (TPSA) is 67.4 Å². The average Bonchev–Trinajstić information content (AvgIpc) is 2.58. The number of nitrogens with one attached hydrogen (secondary N) is 2. The van der Waals surface area contributed by atoms with Gasteiger partial charge in [-0.3, -0.25) is 4.79 Å². The molecule has 0 aromatic heterocycles. The van der Waals surface area contributed by atoms with Crippen molar-refractivity contribution in [2.45, 2.75) is 26.3 Å². The fourth-order valence-electron chi connectivity index (χ4n) is 2.41. The Morgan fingerprint density at radius 3 is 2.52 bits per heavy atom. The van der Waals surface area contributed by atoms with Gasteiger partial charge in [-0.25, -0.2) is 9.18 Å². The maximum absolute atomic E-state index is 13.2. The summed E-state index contributed by atoms with van der Waals surface area (Å²) in [6.45, 7) is 3.67. The molecule has 0 aliphatic heterocycles. The van der Waals surface area contributed by atoms with Crippen LogP contribution in [0.2, 0.25) is 0 Å². The Balaban J connectivity index is 2.09. The van der Waals surface area contributed by atoms with Gasteiger partial charge in [0.2, 0.25) is 5.91 Å². The Labute approximate surface area is 146 Å². The number of rotatable bonds is 6. The summed E-state index contributed by atoms with van der Waals surface area (Å²) in [6.07, 6.45) is -0.554. The van der Waals surface area contributed by atoms with Gasteiger partial charge in [0.15, 0.2) is 0 Å². The zero-order valence-corrected chi connectivity index (χ0v) is 14.2. The number of halogens is 1. The molecule has 2 aromatic rings. The maximum Gasteiger partial charge on any atom is 0.407 e. The first kappa shape index (κ1) is 18.4. The molecule has 2 rings (SSSR count). The number of benzene rings is 2. The van der Waals surface area contributed by atoms with E-state index in [1.165, 1.54) is 18.2 Å². The zero-order valence-electron chi connectivity index (χ0n) is 14.2. The normalized spacial score (nSPS) is 11.5. The van der Waals surface area contributed by atoms with Crippen molar-refractivity contribution in [1.29, 1.82) is 0 Å². The van der Waals surface area contributed by atoms with E-state index >= 15 is 0 Å². The van der Waals surface area contributed by atoms with Crippen LogP contribution in [0.4, 0.5) is 14.9 Å². The second-order valence-corrected chi connectivity index (χ2v) is 5.54. The van der Waals surface area contributed by atoms with Gasteiger partial charge in [-0.05, 0) is 43.2 Å². The maximum atomic E-state index is 13.2. The van der Waals surface area contributed by atoms with Crippen molar-refractivity contribution >= 4 is 17.7 Å². The first-order valence-corrected chi connectivity index (χ1v) is 8.04. The van der Waals surface area contributed by atoms with Crippen LogP contribution in [-0.2, 0) is 9.53 Å². The zero-order chi connectivity index (χ0) is 18.2. The summed E-state index contributed by atoms with van der Waals surface area (Å²) in [6, 6.07) is 12.8. The smallest absolute Gasteiger partial charge is 0.407 e. The lowest BCUT2D eigenvalue weighted by molar-refractivity contribution is -0.116. The number of carbonyl (C=O) groups excluding carboxylic acids is 2. The van der Waals surface area contributed by atoms with Crippen molar-refractivity contribution in [3.05, 3.63) is 65.5 Å². The van der Waals surface area contributed by atoms with E-state index in [4.69, 9.17) is 4.74 Å². The summed E-state index contributed by atoms with van der Waals surface area (Å²) in [5.41, 5.74) is 1.96. The highest BCUT2D eigenvalue weighted by atomic mass is 19.1. The lowest BCUT2D eigenvalue weighted by Gasteiger charge is -2.19. The van der Waals surface area contributed by atoms with Gasteiger partial charge in [0.25, 0.3) is 0 Å². The van der Waals surface area contributed by atoms with Crippen molar-refractivity contribution < 1.29 is 18.7 Å². The van der Waals surface area contributed by atoms with E-state index in [-0.39, 0.29) is 24.8 Å². The number of anilines is 1. The molecule has 0 radical (unpaired) electrons. The molecule has 2 amide bonds. The molecule has 0 unspecified atom stereocenters. The monoisotopic (exact) mass is 344 g/mol. The summed E-state index contributed by atoms with van der Waals surface area (Å²) in [5, 5.41) is 5.44. The second-order valence-electron chi connectivity index (χ2n) is 5.54. The fraction of sp³-hybridized carbons (Fsp3) is 0.263. The Kier molecular flexibility index (Phi) is 6.51. The number of carbonyl (C=O) groups is 2. The lowest BCUT2D eigenvalue weighted by Crippen LogP contribution is -2.32. The molecule has 0 saturated heterocycles. The van der Waals surface area contributed by atoms with E-state index in [0.29, 0.717) is 11.3 Å². The molecular weight excluding hydrogens is 323 g/mol. The number of hydrogen-bond donors (Lipinski definition) is 2. The highest BCUT2D eigenvalue weighted by Gasteiger charge is 2.19. The Morgan fingerprint density at radius 2 is 1.88 bits per heavy atom. The third-order valence-corrected chi connectivity index (χ3v) is 3.62. The van der Waals surface area contributed by atoms with Gasteiger partial charge in [0.05, 0.1) is 19.1 Å². The number of aryl methyl sites for hydroxylation is 1. The van der Waals surface area contributed by atoms with Gasteiger partial charge in [-0.2, -0.15) is 0 Å². The molecule has 2 aromatic carbocycles. The molecule has 0 aliphatic rings. The van der Waals surface area contributed by atoms with Gasteiger partial charge >= 0.3 is 6.09 Å². The standard InChI is InChI=1S/C19H21FN2O3/c1-3-25-19(24)22-17(14-7-5-4-6-8-14)12-18(23)21-16-10-9-15(20)11-13(16)2/h4-11,17H,3,12H2,1-2H3,(H,21,23)(H,22,24)/t17-/m1/s1. The van der Waals surface area contributed by atoms with Crippen LogP contribution in [-0.4, -0.2) is 18.6 Å². The quantitative estimate of drug-likeness (QED) is 0.834. The van der Waals surface area contributed by atoms with Gasteiger partial charge in [0, 0.05) is 5.69 Å². The SMILES string of the molecule is CCOC(=O)N[C@H](CC(=O)Nc1ccc(F)cc1C)c1ccccc1. The van der Waals surface area contributed by atoms with Crippen LogP contribution >= 0.6 is 0 Å². The number of alkyl carbamates (subject to hydrolysis) is 1. The molecule has 0 aliphatic carbocycles. The van der Waals surface area contributed by atoms with Crippen LogP contribution in [0.15, 0.2) is 48.5 Å². The minimum atomic E-state index is -0.581. The fourth-order valence-corrected chi connectivity index (χ4v) is 2.41. The molecule has 132 valence electrons. The van der Waals surface area contributed by atoms with E-state index in [0.717, 1.165) is 5.56 Å². The van der Waals surface area contributed by atoms with Crippen LogP contribution < -0.4 is 10.6 Å². The van der Waals surface area contributed by atoms with E-state index in [9.17, 15) is 14.0 Å². The van der Waals surface area contributed by atoms with E-state index in [2.05, 4.69) is 10.6 Å². The number of amides is 2. The number of ether oxygens (including phenoxy) is 1. The largest absolute Gasteiger partial charge is 0.450 e. The van der Waals surface area contributed by atoms with E-state index < -0.39 is 12.1 Å². The molecule has 5 nitrogen and oxygen atoms in total. The molecule has 2 N–H and O–H groups in total. The van der Waals surface area contributed by atoms with Gasteiger partial charge < -0.3 is 15.4 Å². The van der Waals surface area contributed by atoms with Gasteiger partial charge in [-0.15, -0.1) is 0 Å². The van der Waals surface area contributed by atoms with Gasteiger partial charge in [-0.1, -0.05) is 30.3 Å². The number of hydrogen-bond acceptors (Lipinski definition) is 3. The van der Waals surface area contributed by atoms with Crippen molar-refractivity contribution in [3.8, 4) is 0 Å². The van der Waals surface area contributed by atoms with Crippen molar-refractivity contribution in [2.24, 2.45) is 0 Å². The summed E-state index contributed by atoms with van der Waals surface area (Å²) in [7, 11) is 0. The van der Waals surface area contributed by atoms with Crippen molar-refractivity contribution in [2.75, 3.05) is 11.9 Å². The minimum Gasteiger partial charge on any atom is -0.450 e. The second kappa shape index (κ2) is 8.82. The first-order valence-electron chi connectivity index (χ1n) is 8.04. The summed E-state index contributed by atoms with van der Waals surface area (Å²) in [5.74, 6) is -0.651. The average molecular weight is 344 g/mol. The molecule has 1 atom stereocenters. The van der Waals surface area contributed by atoms with Crippen molar-refractivity contribution in [3.63, 3.8) is 0 Å². The Morgan fingerprint density at radius 1 is 1.16 bits per heavy atom. The Hall–Kier alpha value is -2.89. The molecule has 0 saturated carbocycles. The molecule has 0 bridgehead atoms. The third kappa shape index (κ3) is 5.60. The Bertz CT molecular complexity index is 735. The molecule has 0 spiro atoms. The van der Waals surface area contributed by atoms with E-state index in [1.54, 1.807) is 13.8 Å². The molecule has 0 heterocycles. The van der Waals surface area contributed by atoms with E-state index in [1.807, 2.05) is 30.3 Å². The minimum absolute atomic E-state index is 0.0274. The lowest BCUT2D eigenvalue weighted by atomic mass is 10.0. The third-order valence-electron chi connectivity index (χ3n) is 3.62. The highest BCUT2D eigenvalue weighted by Crippen LogP contribution is 2.20. The highest BCUT2D eigenvalue weighted by molar-refractivity contribution is 5.92. The van der Waals surface area contributed by atoms with Crippen LogP contribution in [0, 0.1) is 12.7 Å². The summed E-state index contributed by atoms with van der Waals surface area (Å²) in [4.78, 5) is 24.1. The predicted octanol–water partition coefficient (Wildman–Crippen LogP) is 3.95. The van der Waals surface area contributed by atoms with Crippen LogP contribution in [0.5, 0.6) is 0 Å².